The van der Waals surface area contributed by atoms with Gasteiger partial charge in [-0.15, -0.1) is 0 Å². The lowest BCUT2D eigenvalue weighted by atomic mass is 10.2. The molecule has 142 valence electrons. The second-order valence-corrected chi connectivity index (χ2v) is 7.14. The maximum absolute atomic E-state index is 13.4. The van der Waals surface area contributed by atoms with E-state index in [-0.39, 0.29) is 31.2 Å². The van der Waals surface area contributed by atoms with E-state index in [1.54, 1.807) is 0 Å². The number of benzene rings is 1. The lowest BCUT2D eigenvalue weighted by molar-refractivity contribution is -0.143. The van der Waals surface area contributed by atoms with Crippen molar-refractivity contribution in [2.75, 3.05) is 13.2 Å². The highest BCUT2D eigenvalue weighted by molar-refractivity contribution is 7.99. The number of carbonyl (C=O) groups is 1. The SMILES string of the molecule is CC(=O)OCCOC(C)c1nc(C(C)C)c(Sc2cc(F)cc(F)c2)[nH]1. The van der Waals surface area contributed by atoms with Crippen LogP contribution in [0.15, 0.2) is 28.1 Å². The van der Waals surface area contributed by atoms with Gasteiger partial charge in [0.1, 0.15) is 35.2 Å². The largest absolute Gasteiger partial charge is 0.463 e. The van der Waals surface area contributed by atoms with Crippen molar-refractivity contribution < 1.29 is 23.0 Å². The van der Waals surface area contributed by atoms with Gasteiger partial charge in [-0.25, -0.2) is 13.8 Å². The number of esters is 1. The number of carbonyl (C=O) groups excluding carboxylic acids is 1. The molecule has 0 spiro atoms. The van der Waals surface area contributed by atoms with E-state index in [0.717, 1.165) is 16.8 Å². The van der Waals surface area contributed by atoms with Gasteiger partial charge in [0.25, 0.3) is 0 Å². The molecule has 0 aliphatic rings. The van der Waals surface area contributed by atoms with E-state index in [0.29, 0.717) is 10.7 Å². The van der Waals surface area contributed by atoms with Crippen molar-refractivity contribution in [2.45, 2.75) is 49.6 Å². The van der Waals surface area contributed by atoms with Crippen LogP contribution in [-0.4, -0.2) is 29.2 Å². The molecule has 26 heavy (non-hydrogen) atoms. The molecule has 0 aliphatic heterocycles. The predicted octanol–water partition coefficient (Wildman–Crippen LogP) is 4.60. The topological polar surface area (TPSA) is 64.2 Å². The third kappa shape index (κ3) is 5.81. The average molecular weight is 384 g/mol. The van der Waals surface area contributed by atoms with Crippen molar-refractivity contribution in [2.24, 2.45) is 0 Å². The lowest BCUT2D eigenvalue weighted by Gasteiger charge is -2.10. The third-order valence-electron chi connectivity index (χ3n) is 3.46. The molecule has 1 N–H and O–H groups in total. The van der Waals surface area contributed by atoms with Crippen molar-refractivity contribution in [3.05, 3.63) is 41.4 Å². The third-order valence-corrected chi connectivity index (χ3v) is 4.45. The highest BCUT2D eigenvalue weighted by atomic mass is 32.2. The van der Waals surface area contributed by atoms with Crippen LogP contribution in [0.2, 0.25) is 0 Å². The molecular weight excluding hydrogens is 362 g/mol. The van der Waals surface area contributed by atoms with Crippen molar-refractivity contribution >= 4 is 17.7 Å². The molecule has 1 unspecified atom stereocenters. The van der Waals surface area contributed by atoms with Crippen LogP contribution in [0, 0.1) is 11.6 Å². The number of imidazole rings is 1. The van der Waals surface area contributed by atoms with Crippen molar-refractivity contribution in [1.29, 1.82) is 0 Å². The molecule has 0 aliphatic carbocycles. The summed E-state index contributed by atoms with van der Waals surface area (Å²) in [7, 11) is 0. The summed E-state index contributed by atoms with van der Waals surface area (Å²) in [6, 6.07) is 3.39. The Hall–Kier alpha value is -1.93. The normalized spacial score (nSPS) is 12.4. The fraction of sp³-hybridized carbons (Fsp3) is 0.444. The predicted molar refractivity (Wildman–Crippen MR) is 94.2 cm³/mol. The Balaban J connectivity index is 2.12. The summed E-state index contributed by atoms with van der Waals surface area (Å²) in [5, 5.41) is 0.718. The number of hydrogen-bond acceptors (Lipinski definition) is 5. The smallest absolute Gasteiger partial charge is 0.302 e. The highest BCUT2D eigenvalue weighted by Crippen LogP contribution is 2.34. The van der Waals surface area contributed by atoms with E-state index >= 15 is 0 Å². The molecule has 1 aromatic carbocycles. The molecule has 0 radical (unpaired) electrons. The van der Waals surface area contributed by atoms with Gasteiger partial charge in [-0.3, -0.25) is 4.79 Å². The van der Waals surface area contributed by atoms with Gasteiger partial charge in [0.2, 0.25) is 0 Å². The molecule has 2 aromatic rings. The molecule has 1 aromatic heterocycles. The van der Waals surface area contributed by atoms with E-state index in [1.807, 2.05) is 20.8 Å². The van der Waals surface area contributed by atoms with Gasteiger partial charge in [-0.2, -0.15) is 0 Å². The first kappa shape index (κ1) is 20.4. The highest BCUT2D eigenvalue weighted by Gasteiger charge is 2.19. The van der Waals surface area contributed by atoms with E-state index in [2.05, 4.69) is 9.97 Å². The standard InChI is InChI=1S/C18H22F2N2O3S/c1-10(2)16-18(26-15-8-13(19)7-14(20)9-15)22-17(21-16)11(3)24-5-6-25-12(4)23/h7-11H,5-6H2,1-4H3,(H,21,22). The summed E-state index contributed by atoms with van der Waals surface area (Å²) < 4.78 is 37.3. The summed E-state index contributed by atoms with van der Waals surface area (Å²) in [6.45, 7) is 7.55. The number of aromatic amines is 1. The number of nitrogens with one attached hydrogen (secondary N) is 1. The number of halogens is 2. The van der Waals surface area contributed by atoms with Gasteiger partial charge < -0.3 is 14.5 Å². The molecule has 0 saturated heterocycles. The van der Waals surface area contributed by atoms with Crippen LogP contribution < -0.4 is 0 Å². The van der Waals surface area contributed by atoms with Gasteiger partial charge >= 0.3 is 5.97 Å². The Labute approximate surface area is 155 Å². The van der Waals surface area contributed by atoms with E-state index in [4.69, 9.17) is 9.47 Å². The minimum atomic E-state index is -0.625. The summed E-state index contributed by atoms with van der Waals surface area (Å²) in [5.41, 5.74) is 0.796. The fourth-order valence-corrected chi connectivity index (χ4v) is 3.37. The Morgan fingerprint density at radius 1 is 1.19 bits per heavy atom. The summed E-state index contributed by atoms with van der Waals surface area (Å²) in [6.07, 6.45) is -0.346. The summed E-state index contributed by atoms with van der Waals surface area (Å²) >= 11 is 1.22. The first-order chi connectivity index (χ1) is 12.3. The van der Waals surface area contributed by atoms with Gasteiger partial charge in [0.15, 0.2) is 0 Å². The molecule has 0 saturated carbocycles. The minimum absolute atomic E-state index is 0.120. The van der Waals surface area contributed by atoms with Gasteiger partial charge in [-0.05, 0) is 25.0 Å². The molecule has 8 heteroatoms. The molecular formula is C18H22F2N2O3S. The Morgan fingerprint density at radius 2 is 1.85 bits per heavy atom. The second kappa shape index (κ2) is 9.14. The summed E-state index contributed by atoms with van der Waals surface area (Å²) in [4.78, 5) is 18.9. The van der Waals surface area contributed by atoms with Crippen LogP contribution in [0.25, 0.3) is 0 Å². The maximum atomic E-state index is 13.4. The minimum Gasteiger partial charge on any atom is -0.463 e. The van der Waals surface area contributed by atoms with E-state index < -0.39 is 11.6 Å². The second-order valence-electron chi connectivity index (χ2n) is 6.05. The zero-order chi connectivity index (χ0) is 19.3. The number of aromatic nitrogens is 2. The number of nitrogens with zero attached hydrogens (tertiary/aromatic N) is 1. The van der Waals surface area contributed by atoms with Crippen LogP contribution >= 0.6 is 11.8 Å². The first-order valence-electron chi connectivity index (χ1n) is 8.25. The van der Waals surface area contributed by atoms with Crippen molar-refractivity contribution in [1.82, 2.24) is 9.97 Å². The molecule has 2 rings (SSSR count). The summed E-state index contributed by atoms with van der Waals surface area (Å²) in [5.74, 6) is -0.881. The number of rotatable bonds is 8. The maximum Gasteiger partial charge on any atom is 0.302 e. The zero-order valence-electron chi connectivity index (χ0n) is 15.1. The van der Waals surface area contributed by atoms with Crippen molar-refractivity contribution in [3.63, 3.8) is 0 Å². The molecule has 1 heterocycles. The average Bonchev–Trinajstić information content (AvgIpc) is 2.94. The molecule has 1 atom stereocenters. The van der Waals surface area contributed by atoms with Gasteiger partial charge in [0, 0.05) is 17.9 Å². The van der Waals surface area contributed by atoms with Crippen LogP contribution in [0.4, 0.5) is 8.78 Å². The van der Waals surface area contributed by atoms with Gasteiger partial charge in [-0.1, -0.05) is 25.6 Å². The lowest BCUT2D eigenvalue weighted by Crippen LogP contribution is -2.10. The molecule has 5 nitrogen and oxygen atoms in total. The Morgan fingerprint density at radius 3 is 2.42 bits per heavy atom. The first-order valence-corrected chi connectivity index (χ1v) is 9.06. The molecule has 0 bridgehead atoms. The van der Waals surface area contributed by atoms with Crippen molar-refractivity contribution in [3.8, 4) is 0 Å². The monoisotopic (exact) mass is 384 g/mol. The van der Waals surface area contributed by atoms with E-state index in [9.17, 15) is 13.6 Å². The zero-order valence-corrected chi connectivity index (χ0v) is 16.0. The molecule has 0 fully saturated rings. The van der Waals surface area contributed by atoms with Crippen LogP contribution in [0.5, 0.6) is 0 Å². The van der Waals surface area contributed by atoms with Crippen LogP contribution in [0.1, 0.15) is 51.2 Å². The number of hydrogen-bond donors (Lipinski definition) is 1. The van der Waals surface area contributed by atoms with Gasteiger partial charge in [0.05, 0.1) is 12.3 Å². The Kier molecular flexibility index (Phi) is 7.16. The van der Waals surface area contributed by atoms with E-state index in [1.165, 1.54) is 30.8 Å². The molecule has 0 amide bonds. The van der Waals surface area contributed by atoms with Crippen LogP contribution in [0.3, 0.4) is 0 Å². The fourth-order valence-electron chi connectivity index (χ4n) is 2.24. The van der Waals surface area contributed by atoms with Crippen LogP contribution in [-0.2, 0) is 14.3 Å². The number of H-pyrrole nitrogens is 1. The Bertz CT molecular complexity index is 745. The number of ether oxygens (including phenoxy) is 2. The quantitative estimate of drug-likeness (QED) is 0.532.